The maximum absolute atomic E-state index is 12.4. The molecule has 2 amide bonds. The number of amides is 2. The molecular formula is C15H21N3O2. The third-order valence-corrected chi connectivity index (χ3v) is 3.82. The Balaban J connectivity index is 2.31. The Kier molecular flexibility index (Phi) is 3.54. The largest absolute Gasteiger partial charge is 0.369 e. The van der Waals surface area contributed by atoms with Gasteiger partial charge < -0.3 is 10.6 Å². The second-order valence-electron chi connectivity index (χ2n) is 6.39. The van der Waals surface area contributed by atoms with Gasteiger partial charge in [0.2, 0.25) is 11.8 Å². The Morgan fingerprint density at radius 2 is 2.05 bits per heavy atom. The van der Waals surface area contributed by atoms with Crippen molar-refractivity contribution in [2.24, 2.45) is 11.1 Å². The van der Waals surface area contributed by atoms with E-state index in [0.29, 0.717) is 25.2 Å². The summed E-state index contributed by atoms with van der Waals surface area (Å²) in [6, 6.07) is 5.43. The molecule has 2 heterocycles. The summed E-state index contributed by atoms with van der Waals surface area (Å²) in [6.07, 6.45) is 2.18. The monoisotopic (exact) mass is 275 g/mol. The van der Waals surface area contributed by atoms with Crippen LogP contribution in [-0.2, 0) is 15.0 Å². The summed E-state index contributed by atoms with van der Waals surface area (Å²) in [5, 5.41) is 0. The average molecular weight is 275 g/mol. The predicted octanol–water partition coefficient (Wildman–Crippen LogP) is 1.08. The van der Waals surface area contributed by atoms with E-state index >= 15 is 0 Å². The molecule has 1 atom stereocenters. The van der Waals surface area contributed by atoms with Crippen molar-refractivity contribution in [1.82, 2.24) is 9.88 Å². The van der Waals surface area contributed by atoms with Crippen LogP contribution in [0.1, 0.15) is 32.9 Å². The van der Waals surface area contributed by atoms with E-state index in [4.69, 9.17) is 5.73 Å². The van der Waals surface area contributed by atoms with E-state index in [0.717, 1.165) is 0 Å². The highest BCUT2D eigenvalue weighted by molar-refractivity contribution is 5.89. The van der Waals surface area contributed by atoms with Crippen LogP contribution in [0.15, 0.2) is 24.4 Å². The van der Waals surface area contributed by atoms with Crippen molar-refractivity contribution >= 4 is 11.8 Å². The predicted molar refractivity (Wildman–Crippen MR) is 75.8 cm³/mol. The Morgan fingerprint density at radius 1 is 1.35 bits per heavy atom. The number of hydrogen-bond acceptors (Lipinski definition) is 3. The number of nitrogens with zero attached hydrogens (tertiary/aromatic N) is 2. The Morgan fingerprint density at radius 3 is 2.55 bits per heavy atom. The van der Waals surface area contributed by atoms with E-state index in [-0.39, 0.29) is 5.91 Å². The van der Waals surface area contributed by atoms with Gasteiger partial charge in [-0.05, 0) is 18.6 Å². The molecule has 1 aliphatic rings. The van der Waals surface area contributed by atoms with Gasteiger partial charge in [0.25, 0.3) is 0 Å². The lowest BCUT2D eigenvalue weighted by molar-refractivity contribution is -0.138. The van der Waals surface area contributed by atoms with Crippen LogP contribution in [0, 0.1) is 5.41 Å². The molecule has 1 aromatic heterocycles. The Hall–Kier alpha value is -1.91. The first-order valence-corrected chi connectivity index (χ1v) is 6.78. The first kappa shape index (κ1) is 14.5. The van der Waals surface area contributed by atoms with Crippen molar-refractivity contribution in [3.63, 3.8) is 0 Å². The summed E-state index contributed by atoms with van der Waals surface area (Å²) >= 11 is 0. The molecule has 0 saturated carbocycles. The highest BCUT2D eigenvalue weighted by atomic mass is 16.2. The smallest absolute Gasteiger partial charge is 0.231 e. The van der Waals surface area contributed by atoms with Crippen molar-refractivity contribution in [2.75, 3.05) is 13.1 Å². The van der Waals surface area contributed by atoms with Crippen LogP contribution in [-0.4, -0.2) is 34.8 Å². The molecule has 0 radical (unpaired) electrons. The zero-order chi connectivity index (χ0) is 15.0. The van der Waals surface area contributed by atoms with Crippen molar-refractivity contribution in [3.05, 3.63) is 30.1 Å². The molecule has 0 aromatic carbocycles. The van der Waals surface area contributed by atoms with Crippen LogP contribution in [0.5, 0.6) is 0 Å². The molecule has 1 unspecified atom stereocenters. The van der Waals surface area contributed by atoms with Gasteiger partial charge in [-0.1, -0.05) is 26.8 Å². The average Bonchev–Trinajstić information content (AvgIpc) is 2.84. The number of rotatable bonds is 2. The van der Waals surface area contributed by atoms with Crippen molar-refractivity contribution in [1.29, 1.82) is 0 Å². The molecule has 0 spiro atoms. The molecule has 108 valence electrons. The number of pyridine rings is 1. The van der Waals surface area contributed by atoms with Gasteiger partial charge in [-0.15, -0.1) is 0 Å². The first-order chi connectivity index (χ1) is 9.27. The summed E-state index contributed by atoms with van der Waals surface area (Å²) in [6.45, 7) is 6.48. The molecule has 1 fully saturated rings. The van der Waals surface area contributed by atoms with Crippen molar-refractivity contribution < 1.29 is 9.59 Å². The minimum absolute atomic E-state index is 0.0385. The molecule has 5 heteroatoms. The van der Waals surface area contributed by atoms with E-state index in [2.05, 4.69) is 4.98 Å². The fourth-order valence-corrected chi connectivity index (χ4v) is 2.64. The Labute approximate surface area is 119 Å². The van der Waals surface area contributed by atoms with Crippen LogP contribution in [0.2, 0.25) is 0 Å². The van der Waals surface area contributed by atoms with Gasteiger partial charge in [-0.25, -0.2) is 0 Å². The summed E-state index contributed by atoms with van der Waals surface area (Å²) in [5.41, 5.74) is 4.95. The van der Waals surface area contributed by atoms with Crippen LogP contribution in [0.25, 0.3) is 0 Å². The van der Waals surface area contributed by atoms with Crippen LogP contribution in [0.3, 0.4) is 0 Å². The fourth-order valence-electron chi connectivity index (χ4n) is 2.64. The van der Waals surface area contributed by atoms with Gasteiger partial charge in [0.1, 0.15) is 5.41 Å². The molecule has 1 saturated heterocycles. The molecule has 20 heavy (non-hydrogen) atoms. The third kappa shape index (κ3) is 2.40. The number of hydrogen-bond donors (Lipinski definition) is 1. The van der Waals surface area contributed by atoms with E-state index in [1.807, 2.05) is 26.8 Å². The molecule has 0 bridgehead atoms. The van der Waals surface area contributed by atoms with E-state index in [1.54, 1.807) is 23.2 Å². The van der Waals surface area contributed by atoms with Crippen LogP contribution < -0.4 is 5.73 Å². The van der Waals surface area contributed by atoms with E-state index in [9.17, 15) is 9.59 Å². The summed E-state index contributed by atoms with van der Waals surface area (Å²) < 4.78 is 0. The van der Waals surface area contributed by atoms with Gasteiger partial charge in [-0.2, -0.15) is 0 Å². The summed E-state index contributed by atoms with van der Waals surface area (Å²) in [7, 11) is 0. The van der Waals surface area contributed by atoms with Gasteiger partial charge >= 0.3 is 0 Å². The number of carbonyl (C=O) groups is 2. The van der Waals surface area contributed by atoms with Crippen molar-refractivity contribution in [2.45, 2.75) is 32.6 Å². The molecular weight excluding hydrogens is 254 g/mol. The molecule has 1 aromatic rings. The molecule has 2 N–H and O–H groups in total. The van der Waals surface area contributed by atoms with Gasteiger partial charge in [0.15, 0.2) is 0 Å². The van der Waals surface area contributed by atoms with Gasteiger partial charge in [0.05, 0.1) is 5.69 Å². The lowest BCUT2D eigenvalue weighted by Crippen LogP contribution is -2.46. The topological polar surface area (TPSA) is 76.3 Å². The minimum Gasteiger partial charge on any atom is -0.369 e. The number of carbonyl (C=O) groups excluding carboxylic acids is 2. The number of aromatic nitrogens is 1. The summed E-state index contributed by atoms with van der Waals surface area (Å²) in [4.78, 5) is 30.3. The summed E-state index contributed by atoms with van der Waals surface area (Å²) in [5.74, 6) is -0.378. The third-order valence-electron chi connectivity index (χ3n) is 3.82. The lowest BCUT2D eigenvalue weighted by Gasteiger charge is -2.28. The Bertz CT molecular complexity index is 522. The normalized spacial score (nSPS) is 22.9. The maximum Gasteiger partial charge on any atom is 0.231 e. The van der Waals surface area contributed by atoms with Gasteiger partial charge in [-0.3, -0.25) is 14.6 Å². The second kappa shape index (κ2) is 4.89. The zero-order valence-electron chi connectivity index (χ0n) is 12.2. The highest BCUT2D eigenvalue weighted by Crippen LogP contribution is 2.35. The molecule has 0 aliphatic carbocycles. The highest BCUT2D eigenvalue weighted by Gasteiger charge is 2.48. The van der Waals surface area contributed by atoms with E-state index < -0.39 is 16.7 Å². The number of nitrogens with two attached hydrogens (primary N) is 1. The van der Waals surface area contributed by atoms with Gasteiger partial charge in [0, 0.05) is 24.7 Å². The molecule has 1 aliphatic heterocycles. The minimum atomic E-state index is -0.859. The maximum atomic E-state index is 12.4. The number of likely N-dealkylation sites (tertiary alicyclic amines) is 1. The first-order valence-electron chi connectivity index (χ1n) is 6.78. The number of primary amides is 1. The quantitative estimate of drug-likeness (QED) is 0.877. The molecule has 5 nitrogen and oxygen atoms in total. The standard InChI is InChI=1S/C15H21N3O2/c1-14(2,3)13(20)18-9-7-15(10-18,12(16)19)11-6-4-5-8-17-11/h4-6,8H,7,9-10H2,1-3H3,(H2,16,19). The zero-order valence-corrected chi connectivity index (χ0v) is 12.2. The lowest BCUT2D eigenvalue weighted by atomic mass is 9.82. The van der Waals surface area contributed by atoms with Crippen LogP contribution in [0.4, 0.5) is 0 Å². The fraction of sp³-hybridized carbons (Fsp3) is 0.533. The molecule has 2 rings (SSSR count). The van der Waals surface area contributed by atoms with Crippen molar-refractivity contribution in [3.8, 4) is 0 Å². The SMILES string of the molecule is CC(C)(C)C(=O)N1CCC(C(N)=O)(c2ccccn2)C1. The van der Waals surface area contributed by atoms with E-state index in [1.165, 1.54) is 0 Å². The van der Waals surface area contributed by atoms with Crippen LogP contribution >= 0.6 is 0 Å². The second-order valence-corrected chi connectivity index (χ2v) is 6.39.